The molecule has 2 aromatic heterocycles. The average Bonchev–Trinajstić information content (AvgIpc) is 3.38. The van der Waals surface area contributed by atoms with Crippen LogP contribution in [0.2, 0.25) is 0 Å². The smallest absolute Gasteiger partial charge is 0.225 e. The fourth-order valence-corrected chi connectivity index (χ4v) is 4.20. The van der Waals surface area contributed by atoms with Gasteiger partial charge in [0.1, 0.15) is 0 Å². The van der Waals surface area contributed by atoms with Crippen molar-refractivity contribution in [1.82, 2.24) is 34.3 Å². The Morgan fingerprint density at radius 2 is 2.14 bits per heavy atom. The lowest BCUT2D eigenvalue weighted by Crippen LogP contribution is -2.41. The molecule has 1 saturated heterocycles. The van der Waals surface area contributed by atoms with Crippen molar-refractivity contribution in [2.45, 2.75) is 65.5 Å². The average molecular weight is 387 g/mol. The van der Waals surface area contributed by atoms with E-state index in [-0.39, 0.29) is 24.0 Å². The van der Waals surface area contributed by atoms with Gasteiger partial charge in [0.15, 0.2) is 11.6 Å². The van der Waals surface area contributed by atoms with E-state index in [9.17, 15) is 9.90 Å². The van der Waals surface area contributed by atoms with E-state index in [2.05, 4.69) is 37.9 Å². The van der Waals surface area contributed by atoms with E-state index in [1.165, 1.54) is 0 Å². The van der Waals surface area contributed by atoms with Crippen molar-refractivity contribution in [2.24, 2.45) is 5.92 Å². The molecule has 0 spiro atoms. The first-order chi connectivity index (χ1) is 13.5. The summed E-state index contributed by atoms with van der Waals surface area (Å²) in [7, 11) is 0. The van der Waals surface area contributed by atoms with Crippen molar-refractivity contribution in [2.75, 3.05) is 13.1 Å². The molecule has 0 radical (unpaired) electrons. The standard InChI is InChI=1S/C19H29N7O2/c1-4-25-10-14(8-20-25)9-24-11-15(27)7-16(24)18-22-21-17-12-23(5-6-26(17)18)19(28)13(2)3/h8,10,13,15-16,27H,4-7,9,11-12H2,1-3H3/t15-,16-/m0/s1. The molecule has 28 heavy (non-hydrogen) atoms. The predicted octanol–water partition coefficient (Wildman–Crippen LogP) is 0.801. The normalized spacial score (nSPS) is 22.8. The Balaban J connectivity index is 1.53. The number of aliphatic hydroxyl groups excluding tert-OH is 1. The van der Waals surface area contributed by atoms with Crippen molar-refractivity contribution >= 4 is 5.91 Å². The molecule has 152 valence electrons. The largest absolute Gasteiger partial charge is 0.392 e. The van der Waals surface area contributed by atoms with Gasteiger partial charge in [0.25, 0.3) is 0 Å². The molecule has 2 aromatic rings. The molecule has 4 heterocycles. The quantitative estimate of drug-likeness (QED) is 0.816. The first-order valence-corrected chi connectivity index (χ1v) is 10.1. The van der Waals surface area contributed by atoms with Crippen LogP contribution in [0.25, 0.3) is 0 Å². The van der Waals surface area contributed by atoms with Crippen LogP contribution in [0.3, 0.4) is 0 Å². The number of nitrogens with zero attached hydrogens (tertiary/aromatic N) is 7. The third-order valence-electron chi connectivity index (χ3n) is 5.66. The Morgan fingerprint density at radius 1 is 1.32 bits per heavy atom. The molecule has 0 bridgehead atoms. The van der Waals surface area contributed by atoms with Crippen molar-refractivity contribution in [3.63, 3.8) is 0 Å². The maximum atomic E-state index is 12.3. The van der Waals surface area contributed by atoms with E-state index < -0.39 is 0 Å². The first kappa shape index (κ1) is 19.1. The van der Waals surface area contributed by atoms with Gasteiger partial charge in [-0.15, -0.1) is 10.2 Å². The zero-order chi connectivity index (χ0) is 19.8. The Labute approximate surface area is 164 Å². The van der Waals surface area contributed by atoms with Crippen LogP contribution < -0.4 is 0 Å². The molecule has 1 amide bonds. The van der Waals surface area contributed by atoms with Gasteiger partial charge >= 0.3 is 0 Å². The van der Waals surface area contributed by atoms with Crippen LogP contribution in [0.5, 0.6) is 0 Å². The summed E-state index contributed by atoms with van der Waals surface area (Å²) in [5.74, 6) is 1.86. The molecular formula is C19H29N7O2. The van der Waals surface area contributed by atoms with E-state index in [4.69, 9.17) is 0 Å². The highest BCUT2D eigenvalue weighted by molar-refractivity contribution is 5.78. The van der Waals surface area contributed by atoms with Crippen molar-refractivity contribution in [3.05, 3.63) is 29.6 Å². The number of aryl methyl sites for hydroxylation is 1. The summed E-state index contributed by atoms with van der Waals surface area (Å²) < 4.78 is 4.05. The number of aromatic nitrogens is 5. The van der Waals surface area contributed by atoms with Crippen molar-refractivity contribution < 1.29 is 9.90 Å². The topological polar surface area (TPSA) is 92.3 Å². The first-order valence-electron chi connectivity index (χ1n) is 10.1. The van der Waals surface area contributed by atoms with Crippen molar-refractivity contribution in [1.29, 1.82) is 0 Å². The SMILES string of the molecule is CCn1cc(CN2C[C@@H](O)C[C@H]2c2nnc3n2CCN(C(=O)C(C)C)C3)cn1. The summed E-state index contributed by atoms with van der Waals surface area (Å²) >= 11 is 0. The summed E-state index contributed by atoms with van der Waals surface area (Å²) in [6.07, 6.45) is 4.22. The predicted molar refractivity (Wildman–Crippen MR) is 102 cm³/mol. The third-order valence-corrected chi connectivity index (χ3v) is 5.66. The maximum Gasteiger partial charge on any atom is 0.225 e. The minimum Gasteiger partial charge on any atom is -0.392 e. The molecule has 1 fully saturated rings. The number of rotatable bonds is 5. The van der Waals surface area contributed by atoms with Gasteiger partial charge in [-0.1, -0.05) is 13.8 Å². The Bertz CT molecular complexity index is 843. The number of carbonyl (C=O) groups excluding carboxylic acids is 1. The van der Waals surface area contributed by atoms with Crippen LogP contribution in [-0.4, -0.2) is 64.6 Å². The van der Waals surface area contributed by atoms with E-state index in [0.717, 1.165) is 30.3 Å². The number of likely N-dealkylation sites (tertiary alicyclic amines) is 1. The Kier molecular flexibility index (Phi) is 5.20. The number of fused-ring (bicyclic) bond motifs is 1. The molecule has 9 heteroatoms. The molecule has 2 atom stereocenters. The van der Waals surface area contributed by atoms with Crippen molar-refractivity contribution in [3.8, 4) is 0 Å². The monoisotopic (exact) mass is 387 g/mol. The highest BCUT2D eigenvalue weighted by atomic mass is 16.3. The van der Waals surface area contributed by atoms with E-state index in [1.54, 1.807) is 0 Å². The number of β-amino-alcohol motifs (C(OH)–C–C–N with tert-alkyl or cyclic N) is 1. The zero-order valence-electron chi connectivity index (χ0n) is 16.8. The van der Waals surface area contributed by atoms with Gasteiger partial charge in [0, 0.05) is 50.4 Å². The molecule has 0 aromatic carbocycles. The molecule has 1 N–H and O–H groups in total. The van der Waals surface area contributed by atoms with Gasteiger partial charge in [-0.2, -0.15) is 5.10 Å². The second-order valence-corrected chi connectivity index (χ2v) is 8.08. The molecule has 0 unspecified atom stereocenters. The summed E-state index contributed by atoms with van der Waals surface area (Å²) in [5, 5.41) is 23.5. The molecule has 4 rings (SSSR count). The summed E-state index contributed by atoms with van der Waals surface area (Å²) in [5.41, 5.74) is 1.13. The molecule has 0 saturated carbocycles. The second kappa shape index (κ2) is 7.63. The van der Waals surface area contributed by atoms with E-state index >= 15 is 0 Å². The number of carbonyl (C=O) groups is 1. The molecule has 0 aliphatic carbocycles. The fraction of sp³-hybridized carbons (Fsp3) is 0.684. The van der Waals surface area contributed by atoms with E-state index in [1.807, 2.05) is 29.6 Å². The van der Waals surface area contributed by atoms with Crippen LogP contribution >= 0.6 is 0 Å². The minimum absolute atomic E-state index is 0.0153. The Morgan fingerprint density at radius 3 is 2.86 bits per heavy atom. The van der Waals surface area contributed by atoms with Gasteiger partial charge in [0.2, 0.25) is 5.91 Å². The lowest BCUT2D eigenvalue weighted by atomic mass is 10.1. The zero-order valence-corrected chi connectivity index (χ0v) is 16.8. The Hall–Kier alpha value is -2.26. The van der Waals surface area contributed by atoms with Gasteiger partial charge < -0.3 is 14.6 Å². The summed E-state index contributed by atoms with van der Waals surface area (Å²) in [6.45, 7) is 9.96. The molecule has 2 aliphatic rings. The highest BCUT2D eigenvalue weighted by Crippen LogP contribution is 2.33. The van der Waals surface area contributed by atoms with Crippen LogP contribution in [0.1, 0.15) is 50.4 Å². The van der Waals surface area contributed by atoms with Crippen LogP contribution in [0.15, 0.2) is 12.4 Å². The lowest BCUT2D eigenvalue weighted by molar-refractivity contribution is -0.136. The number of aliphatic hydroxyl groups is 1. The van der Waals surface area contributed by atoms with Crippen LogP contribution in [0, 0.1) is 5.92 Å². The van der Waals surface area contributed by atoms with Gasteiger partial charge in [-0.25, -0.2) is 0 Å². The number of hydrogen-bond donors (Lipinski definition) is 1. The van der Waals surface area contributed by atoms with Gasteiger partial charge in [-0.05, 0) is 13.3 Å². The molecule has 9 nitrogen and oxygen atoms in total. The molecular weight excluding hydrogens is 358 g/mol. The fourth-order valence-electron chi connectivity index (χ4n) is 4.20. The highest BCUT2D eigenvalue weighted by Gasteiger charge is 2.37. The summed E-state index contributed by atoms with van der Waals surface area (Å²) in [6, 6.07) is 0.0218. The van der Waals surface area contributed by atoms with E-state index in [0.29, 0.717) is 32.6 Å². The van der Waals surface area contributed by atoms with Crippen LogP contribution in [0.4, 0.5) is 0 Å². The van der Waals surface area contributed by atoms with Gasteiger partial charge in [-0.3, -0.25) is 14.4 Å². The van der Waals surface area contributed by atoms with Gasteiger partial charge in [0.05, 0.1) is 24.9 Å². The minimum atomic E-state index is -0.373. The maximum absolute atomic E-state index is 12.3. The number of hydrogen-bond acceptors (Lipinski definition) is 6. The third kappa shape index (κ3) is 3.56. The summed E-state index contributed by atoms with van der Waals surface area (Å²) in [4.78, 5) is 16.4. The van der Waals surface area contributed by atoms with Crippen LogP contribution in [-0.2, 0) is 31.0 Å². The molecule has 2 aliphatic heterocycles. The number of amides is 1. The lowest BCUT2D eigenvalue weighted by Gasteiger charge is -2.30. The second-order valence-electron chi connectivity index (χ2n) is 8.08.